The maximum Gasteiger partial charge on any atom is 0.222 e. The van der Waals surface area contributed by atoms with Crippen LogP contribution in [-0.4, -0.2) is 23.7 Å². The summed E-state index contributed by atoms with van der Waals surface area (Å²) in [6.45, 7) is 4.10. The molecule has 0 saturated heterocycles. The van der Waals surface area contributed by atoms with E-state index in [2.05, 4.69) is 5.32 Å². The summed E-state index contributed by atoms with van der Waals surface area (Å²) in [6.07, 6.45) is -0.525. The molecule has 1 rings (SSSR count). The summed E-state index contributed by atoms with van der Waals surface area (Å²) in [5, 5.41) is 20.8. The summed E-state index contributed by atoms with van der Waals surface area (Å²) in [7, 11) is 0. The maximum absolute atomic E-state index is 11.6. The lowest BCUT2D eigenvalue weighted by atomic mass is 10.0. The van der Waals surface area contributed by atoms with Gasteiger partial charge in [-0.2, -0.15) is 5.26 Å². The molecule has 0 aliphatic rings. The Morgan fingerprint density at radius 3 is 2.90 bits per heavy atom. The first-order chi connectivity index (χ1) is 9.52. The van der Waals surface area contributed by atoms with Gasteiger partial charge in [-0.3, -0.25) is 4.79 Å². The number of nitrogens with one attached hydrogen (secondary N) is 1. The van der Waals surface area contributed by atoms with Crippen molar-refractivity contribution in [3.05, 3.63) is 29.8 Å². The summed E-state index contributed by atoms with van der Waals surface area (Å²) in [6, 6.07) is 9.09. The molecule has 1 aromatic rings. The number of benzene rings is 1. The second-order valence-electron chi connectivity index (χ2n) is 4.89. The number of hydrogen-bond donors (Lipinski definition) is 2. The zero-order valence-electron chi connectivity index (χ0n) is 11.8. The fourth-order valence-corrected chi connectivity index (χ4v) is 1.56. The molecule has 1 amide bonds. The van der Waals surface area contributed by atoms with Crippen molar-refractivity contribution in [2.24, 2.45) is 5.92 Å². The Morgan fingerprint density at radius 2 is 2.25 bits per heavy atom. The van der Waals surface area contributed by atoms with Gasteiger partial charge >= 0.3 is 0 Å². The molecule has 0 aromatic heterocycles. The van der Waals surface area contributed by atoms with Crippen molar-refractivity contribution in [2.75, 3.05) is 6.61 Å². The second-order valence-corrected chi connectivity index (χ2v) is 4.89. The molecule has 0 fully saturated rings. The van der Waals surface area contributed by atoms with Gasteiger partial charge in [0.2, 0.25) is 5.91 Å². The highest BCUT2D eigenvalue weighted by Gasteiger charge is 2.13. The van der Waals surface area contributed by atoms with Gasteiger partial charge in [-0.25, -0.2) is 0 Å². The number of rotatable bonds is 7. The van der Waals surface area contributed by atoms with Crippen molar-refractivity contribution < 1.29 is 14.6 Å². The van der Waals surface area contributed by atoms with Crippen LogP contribution in [0.3, 0.4) is 0 Å². The minimum Gasteiger partial charge on any atom is -0.479 e. The maximum atomic E-state index is 11.6. The average Bonchev–Trinajstić information content (AvgIpc) is 2.43. The number of aliphatic hydroxyl groups excluding tert-OH is 1. The number of amides is 1. The third-order valence-corrected chi connectivity index (χ3v) is 2.86. The molecule has 0 radical (unpaired) electrons. The molecule has 0 saturated carbocycles. The monoisotopic (exact) mass is 276 g/mol. The van der Waals surface area contributed by atoms with Crippen LogP contribution in [0.15, 0.2) is 24.3 Å². The van der Waals surface area contributed by atoms with Crippen molar-refractivity contribution in [2.45, 2.75) is 32.9 Å². The van der Waals surface area contributed by atoms with E-state index in [9.17, 15) is 9.90 Å². The highest BCUT2D eigenvalue weighted by Crippen LogP contribution is 2.13. The van der Waals surface area contributed by atoms with E-state index >= 15 is 0 Å². The molecule has 0 spiro atoms. The van der Waals surface area contributed by atoms with Gasteiger partial charge in [0.15, 0.2) is 6.61 Å². The predicted molar refractivity (Wildman–Crippen MR) is 74.9 cm³/mol. The van der Waals surface area contributed by atoms with Crippen LogP contribution in [0.1, 0.15) is 25.8 Å². The molecule has 2 N–H and O–H groups in total. The van der Waals surface area contributed by atoms with Crippen molar-refractivity contribution in [3.63, 3.8) is 0 Å². The minimum atomic E-state index is -0.625. The van der Waals surface area contributed by atoms with E-state index in [-0.39, 0.29) is 24.9 Å². The molecule has 5 heteroatoms. The van der Waals surface area contributed by atoms with Crippen LogP contribution < -0.4 is 10.1 Å². The zero-order valence-corrected chi connectivity index (χ0v) is 11.8. The zero-order chi connectivity index (χ0) is 15.0. The van der Waals surface area contributed by atoms with Gasteiger partial charge in [0, 0.05) is 6.54 Å². The Hall–Kier alpha value is -2.06. The number of hydrogen-bond acceptors (Lipinski definition) is 4. The quantitative estimate of drug-likeness (QED) is 0.792. The van der Waals surface area contributed by atoms with E-state index in [1.807, 2.05) is 26.0 Å². The molecular formula is C15H20N2O3. The first-order valence-corrected chi connectivity index (χ1v) is 6.56. The molecule has 1 unspecified atom stereocenters. The number of carbonyl (C=O) groups excluding carboxylic acids is 1. The Labute approximate surface area is 119 Å². The minimum absolute atomic E-state index is 0.00358. The average molecular weight is 276 g/mol. The standard InChI is InChI=1S/C15H20N2O3/c1-11(2)14(18)9-15(19)17-10-12-4-3-5-13(8-12)20-7-6-16/h3-5,8,11,14,18H,7,9-10H2,1-2H3,(H,17,19). The van der Waals surface area contributed by atoms with Crippen LogP contribution >= 0.6 is 0 Å². The molecule has 20 heavy (non-hydrogen) atoms. The van der Waals surface area contributed by atoms with E-state index in [1.165, 1.54) is 0 Å². The molecule has 1 atom stereocenters. The van der Waals surface area contributed by atoms with Crippen LogP contribution in [0.2, 0.25) is 0 Å². The van der Waals surface area contributed by atoms with Gasteiger partial charge in [-0.05, 0) is 23.6 Å². The fourth-order valence-electron chi connectivity index (χ4n) is 1.56. The Balaban J connectivity index is 2.45. The normalized spacial score (nSPS) is 11.8. The van der Waals surface area contributed by atoms with Crippen LogP contribution in [0, 0.1) is 17.2 Å². The number of aliphatic hydroxyl groups is 1. The molecular weight excluding hydrogens is 256 g/mol. The van der Waals surface area contributed by atoms with E-state index in [0.717, 1.165) is 5.56 Å². The van der Waals surface area contributed by atoms with Crippen molar-refractivity contribution in [1.82, 2.24) is 5.32 Å². The van der Waals surface area contributed by atoms with E-state index in [0.29, 0.717) is 12.3 Å². The lowest BCUT2D eigenvalue weighted by Gasteiger charge is -2.14. The Morgan fingerprint density at radius 1 is 1.50 bits per heavy atom. The Bertz CT molecular complexity index is 480. The SMILES string of the molecule is CC(C)C(O)CC(=O)NCc1cccc(OCC#N)c1. The first-order valence-electron chi connectivity index (χ1n) is 6.56. The highest BCUT2D eigenvalue weighted by molar-refractivity contribution is 5.76. The first kappa shape index (κ1) is 16.0. The Kier molecular flexibility index (Phi) is 6.54. The van der Waals surface area contributed by atoms with Crippen LogP contribution in [-0.2, 0) is 11.3 Å². The summed E-state index contributed by atoms with van der Waals surface area (Å²) in [5.74, 6) is 0.471. The molecule has 0 aliphatic heterocycles. The fraction of sp³-hybridized carbons (Fsp3) is 0.467. The summed E-state index contributed by atoms with van der Waals surface area (Å²) >= 11 is 0. The van der Waals surface area contributed by atoms with Crippen molar-refractivity contribution in [1.29, 1.82) is 5.26 Å². The molecule has 0 heterocycles. The third-order valence-electron chi connectivity index (χ3n) is 2.86. The lowest BCUT2D eigenvalue weighted by molar-refractivity contribution is -0.123. The van der Waals surface area contributed by atoms with E-state index in [1.54, 1.807) is 18.2 Å². The van der Waals surface area contributed by atoms with Crippen LogP contribution in [0.25, 0.3) is 0 Å². The molecule has 0 bridgehead atoms. The molecule has 1 aromatic carbocycles. The number of ether oxygens (including phenoxy) is 1. The molecule has 0 aliphatic carbocycles. The van der Waals surface area contributed by atoms with Gasteiger partial charge < -0.3 is 15.2 Å². The van der Waals surface area contributed by atoms with Crippen LogP contribution in [0.5, 0.6) is 5.75 Å². The number of nitriles is 1. The largest absolute Gasteiger partial charge is 0.479 e. The summed E-state index contributed by atoms with van der Waals surface area (Å²) in [5.41, 5.74) is 0.882. The molecule has 5 nitrogen and oxygen atoms in total. The second kappa shape index (κ2) is 8.18. The van der Waals surface area contributed by atoms with Gasteiger partial charge in [0.25, 0.3) is 0 Å². The van der Waals surface area contributed by atoms with E-state index < -0.39 is 6.10 Å². The van der Waals surface area contributed by atoms with Gasteiger partial charge in [-0.1, -0.05) is 26.0 Å². The predicted octanol–water partition coefficient (Wildman–Crippen LogP) is 1.61. The van der Waals surface area contributed by atoms with E-state index in [4.69, 9.17) is 10.00 Å². The number of carbonyl (C=O) groups is 1. The van der Waals surface area contributed by atoms with Gasteiger partial charge in [0.05, 0.1) is 12.5 Å². The smallest absolute Gasteiger partial charge is 0.222 e. The van der Waals surface area contributed by atoms with Crippen LogP contribution in [0.4, 0.5) is 0 Å². The lowest BCUT2D eigenvalue weighted by Crippen LogP contribution is -2.29. The molecule has 108 valence electrons. The summed E-state index contributed by atoms with van der Waals surface area (Å²) in [4.78, 5) is 11.6. The highest BCUT2D eigenvalue weighted by atomic mass is 16.5. The third kappa shape index (κ3) is 5.72. The van der Waals surface area contributed by atoms with Crippen molar-refractivity contribution >= 4 is 5.91 Å². The number of nitrogens with zero attached hydrogens (tertiary/aromatic N) is 1. The van der Waals surface area contributed by atoms with Crippen molar-refractivity contribution in [3.8, 4) is 11.8 Å². The van der Waals surface area contributed by atoms with Gasteiger partial charge in [0.1, 0.15) is 11.8 Å². The summed E-state index contributed by atoms with van der Waals surface area (Å²) < 4.78 is 5.18. The topological polar surface area (TPSA) is 82.3 Å². The van der Waals surface area contributed by atoms with Gasteiger partial charge in [-0.15, -0.1) is 0 Å².